The number of carboxylic acid groups (broad SMARTS) is 1. The lowest BCUT2D eigenvalue weighted by atomic mass is 9.85. The molecule has 0 aromatic rings. The number of nitrogens with zero attached hydrogens (tertiary/aromatic N) is 1. The van der Waals surface area contributed by atoms with Crippen LogP contribution in [-0.4, -0.2) is 47.7 Å². The van der Waals surface area contributed by atoms with E-state index in [1.807, 2.05) is 6.92 Å². The van der Waals surface area contributed by atoms with Gasteiger partial charge in [-0.3, -0.25) is 4.79 Å². The first kappa shape index (κ1) is 14.5. The number of hydrogen-bond donors (Lipinski definition) is 2. The van der Waals surface area contributed by atoms with Gasteiger partial charge in [0.25, 0.3) is 0 Å². The minimum atomic E-state index is -0.825. The van der Waals surface area contributed by atoms with E-state index in [4.69, 9.17) is 0 Å². The summed E-state index contributed by atoms with van der Waals surface area (Å²) < 4.78 is 0. The maximum absolute atomic E-state index is 11.3. The average molecular weight is 242 g/mol. The number of nitrogens with one attached hydrogen (secondary N) is 1. The molecule has 100 valence electrons. The van der Waals surface area contributed by atoms with Crippen LogP contribution < -0.4 is 5.32 Å². The molecule has 1 rings (SSSR count). The Balaban J connectivity index is 2.52. The van der Waals surface area contributed by atoms with Crippen molar-refractivity contribution in [1.82, 2.24) is 10.2 Å². The van der Waals surface area contributed by atoms with Crippen LogP contribution in [-0.2, 0) is 4.79 Å². The molecule has 17 heavy (non-hydrogen) atoms. The fourth-order valence-electron chi connectivity index (χ4n) is 2.38. The smallest absolute Gasteiger partial charge is 0.324 e. The van der Waals surface area contributed by atoms with Gasteiger partial charge in [0.05, 0.1) is 0 Å². The maximum Gasteiger partial charge on any atom is 0.324 e. The third-order valence-corrected chi connectivity index (χ3v) is 3.77. The highest BCUT2D eigenvalue weighted by atomic mass is 16.4. The zero-order valence-electron chi connectivity index (χ0n) is 11.3. The summed E-state index contributed by atoms with van der Waals surface area (Å²) in [6, 6.07) is 0. The van der Waals surface area contributed by atoms with Crippen LogP contribution in [0.3, 0.4) is 0 Å². The molecule has 0 saturated heterocycles. The largest absolute Gasteiger partial charge is 0.480 e. The zero-order valence-corrected chi connectivity index (χ0v) is 11.3. The van der Waals surface area contributed by atoms with Crippen molar-refractivity contribution >= 4 is 5.97 Å². The summed E-state index contributed by atoms with van der Waals surface area (Å²) in [5.74, 6) is 0.0287. The first-order valence-corrected chi connectivity index (χ1v) is 6.72. The van der Waals surface area contributed by atoms with Crippen molar-refractivity contribution in [2.24, 2.45) is 5.92 Å². The molecule has 0 bridgehead atoms. The van der Waals surface area contributed by atoms with Crippen LogP contribution in [0.2, 0.25) is 0 Å². The van der Waals surface area contributed by atoms with Gasteiger partial charge < -0.3 is 15.3 Å². The Hall–Kier alpha value is -0.610. The topological polar surface area (TPSA) is 52.6 Å². The van der Waals surface area contributed by atoms with Gasteiger partial charge in [-0.05, 0) is 38.8 Å². The van der Waals surface area contributed by atoms with E-state index in [1.54, 1.807) is 6.92 Å². The minimum absolute atomic E-state index is 0.586. The molecule has 1 aliphatic carbocycles. The van der Waals surface area contributed by atoms with E-state index in [9.17, 15) is 9.90 Å². The second kappa shape index (κ2) is 6.36. The van der Waals surface area contributed by atoms with Gasteiger partial charge in [0.1, 0.15) is 5.54 Å². The Morgan fingerprint density at radius 3 is 2.47 bits per heavy atom. The van der Waals surface area contributed by atoms with Crippen LogP contribution in [0.4, 0.5) is 0 Å². The highest BCUT2D eigenvalue weighted by Crippen LogP contribution is 2.27. The SMILES string of the molecule is CCNC(C)(CN(CC)CC1CCC1)C(=O)O. The van der Waals surface area contributed by atoms with Crippen molar-refractivity contribution in [3.05, 3.63) is 0 Å². The highest BCUT2D eigenvalue weighted by Gasteiger charge is 2.34. The van der Waals surface area contributed by atoms with E-state index in [1.165, 1.54) is 19.3 Å². The molecule has 0 radical (unpaired) electrons. The molecular formula is C13H26N2O2. The maximum atomic E-state index is 11.3. The molecule has 2 N–H and O–H groups in total. The molecular weight excluding hydrogens is 216 g/mol. The predicted molar refractivity (Wildman–Crippen MR) is 69.2 cm³/mol. The van der Waals surface area contributed by atoms with Crippen LogP contribution >= 0.6 is 0 Å². The Morgan fingerprint density at radius 1 is 1.47 bits per heavy atom. The number of rotatable bonds is 8. The van der Waals surface area contributed by atoms with Crippen molar-refractivity contribution in [3.63, 3.8) is 0 Å². The Labute approximate surface area is 104 Å². The molecule has 4 nitrogen and oxygen atoms in total. The third kappa shape index (κ3) is 3.96. The summed E-state index contributed by atoms with van der Waals surface area (Å²) in [4.78, 5) is 13.6. The van der Waals surface area contributed by atoms with Gasteiger partial charge in [-0.25, -0.2) is 0 Å². The third-order valence-electron chi connectivity index (χ3n) is 3.77. The molecule has 4 heteroatoms. The summed E-state index contributed by atoms with van der Waals surface area (Å²) in [6.07, 6.45) is 3.95. The summed E-state index contributed by atoms with van der Waals surface area (Å²) >= 11 is 0. The number of hydrogen-bond acceptors (Lipinski definition) is 3. The molecule has 1 unspecified atom stereocenters. The monoisotopic (exact) mass is 242 g/mol. The molecule has 0 aromatic carbocycles. The number of carboxylic acids is 1. The fourth-order valence-corrected chi connectivity index (χ4v) is 2.38. The van der Waals surface area contributed by atoms with E-state index in [0.717, 1.165) is 19.0 Å². The van der Waals surface area contributed by atoms with E-state index in [0.29, 0.717) is 13.1 Å². The molecule has 0 amide bonds. The number of carbonyl (C=O) groups is 1. The van der Waals surface area contributed by atoms with Crippen LogP contribution in [0.25, 0.3) is 0 Å². The molecule has 1 atom stereocenters. The van der Waals surface area contributed by atoms with Gasteiger partial charge in [0.2, 0.25) is 0 Å². The van der Waals surface area contributed by atoms with Crippen molar-refractivity contribution in [3.8, 4) is 0 Å². The molecule has 0 aliphatic heterocycles. The lowest BCUT2D eigenvalue weighted by molar-refractivity contribution is -0.145. The van der Waals surface area contributed by atoms with Crippen LogP contribution in [0.15, 0.2) is 0 Å². The summed E-state index contributed by atoms with van der Waals surface area (Å²) in [5, 5.41) is 12.4. The van der Waals surface area contributed by atoms with Gasteiger partial charge in [-0.2, -0.15) is 0 Å². The summed E-state index contributed by atoms with van der Waals surface area (Å²) in [6.45, 7) is 9.07. The second-order valence-electron chi connectivity index (χ2n) is 5.29. The van der Waals surface area contributed by atoms with E-state index >= 15 is 0 Å². The van der Waals surface area contributed by atoms with Gasteiger partial charge >= 0.3 is 5.97 Å². The molecule has 1 aliphatic rings. The first-order chi connectivity index (χ1) is 8.01. The van der Waals surface area contributed by atoms with Gasteiger partial charge in [-0.1, -0.05) is 20.3 Å². The Bertz CT molecular complexity index is 254. The molecule has 1 saturated carbocycles. The lowest BCUT2D eigenvalue weighted by Gasteiger charge is -2.36. The molecule has 1 fully saturated rings. The van der Waals surface area contributed by atoms with Crippen LogP contribution in [0, 0.1) is 5.92 Å². The molecule has 0 aromatic heterocycles. The second-order valence-corrected chi connectivity index (χ2v) is 5.29. The molecule has 0 spiro atoms. The van der Waals surface area contributed by atoms with Gasteiger partial charge in [0, 0.05) is 13.1 Å². The van der Waals surface area contributed by atoms with Gasteiger partial charge in [-0.15, -0.1) is 0 Å². The molecule has 0 heterocycles. The fraction of sp³-hybridized carbons (Fsp3) is 0.923. The van der Waals surface area contributed by atoms with Crippen molar-refractivity contribution < 1.29 is 9.90 Å². The van der Waals surface area contributed by atoms with Crippen molar-refractivity contribution in [2.75, 3.05) is 26.2 Å². The van der Waals surface area contributed by atoms with E-state index < -0.39 is 11.5 Å². The van der Waals surface area contributed by atoms with E-state index in [-0.39, 0.29) is 0 Å². The Kier molecular flexibility index (Phi) is 5.40. The first-order valence-electron chi connectivity index (χ1n) is 6.72. The number of aliphatic carboxylic acids is 1. The van der Waals surface area contributed by atoms with Crippen molar-refractivity contribution in [2.45, 2.75) is 45.6 Å². The number of likely N-dealkylation sites (N-methyl/N-ethyl adjacent to an activating group) is 2. The van der Waals surface area contributed by atoms with Crippen LogP contribution in [0.5, 0.6) is 0 Å². The van der Waals surface area contributed by atoms with Gasteiger partial charge in [0.15, 0.2) is 0 Å². The zero-order chi connectivity index (χ0) is 12.9. The normalized spacial score (nSPS) is 20.0. The minimum Gasteiger partial charge on any atom is -0.480 e. The van der Waals surface area contributed by atoms with E-state index in [2.05, 4.69) is 17.1 Å². The summed E-state index contributed by atoms with van der Waals surface area (Å²) in [7, 11) is 0. The predicted octanol–water partition coefficient (Wildman–Crippen LogP) is 1.56. The standard InChI is InChI=1S/C13H26N2O2/c1-4-14-13(3,12(16)17)10-15(5-2)9-11-7-6-8-11/h11,14H,4-10H2,1-3H3,(H,16,17). The summed E-state index contributed by atoms with van der Waals surface area (Å²) in [5.41, 5.74) is -0.825. The van der Waals surface area contributed by atoms with Crippen LogP contribution in [0.1, 0.15) is 40.0 Å². The Morgan fingerprint density at radius 2 is 2.12 bits per heavy atom. The highest BCUT2D eigenvalue weighted by molar-refractivity contribution is 5.78. The quantitative estimate of drug-likeness (QED) is 0.678. The van der Waals surface area contributed by atoms with Crippen molar-refractivity contribution in [1.29, 1.82) is 0 Å². The lowest BCUT2D eigenvalue weighted by Crippen LogP contribution is -2.57. The average Bonchev–Trinajstić information content (AvgIpc) is 2.21.